The first kappa shape index (κ1) is 9.20. The Morgan fingerprint density at radius 3 is 2.40 bits per heavy atom. The molecule has 8 N–H and O–H groups in total. The number of hydrogen-bond donors (Lipinski definition) is 5. The minimum Gasteiger partial charge on any atom is -0.429 e. The van der Waals surface area contributed by atoms with Gasteiger partial charge in [-0.2, -0.15) is 0 Å². The second kappa shape index (κ2) is 2.81. The second-order valence-corrected chi connectivity index (χ2v) is 3.27. The molecule has 0 radical (unpaired) electrons. The van der Waals surface area contributed by atoms with Crippen molar-refractivity contribution in [3.8, 4) is 11.1 Å². The molecule has 0 aromatic heterocycles. The van der Waals surface area contributed by atoms with Gasteiger partial charge in [-0.05, 0) is 6.07 Å². The van der Waals surface area contributed by atoms with Gasteiger partial charge in [0.05, 0.1) is 28.6 Å². The van der Waals surface area contributed by atoms with Gasteiger partial charge in [0.25, 0.3) is 0 Å². The molecule has 6 heteroatoms. The molecule has 0 saturated heterocycles. The molecule has 0 spiro atoms. The summed E-state index contributed by atoms with van der Waals surface area (Å²) in [5.74, 6) is 0. The van der Waals surface area contributed by atoms with E-state index in [4.69, 9.17) is 22.6 Å². The van der Waals surface area contributed by atoms with E-state index < -0.39 is 0 Å². The van der Waals surface area contributed by atoms with Gasteiger partial charge in [-0.3, -0.25) is 5.41 Å². The van der Waals surface area contributed by atoms with E-state index in [1.54, 1.807) is 6.07 Å². The number of pyridine rings is 1. The van der Waals surface area contributed by atoms with Crippen LogP contribution in [0.4, 0.5) is 17.1 Å². The highest BCUT2D eigenvalue weighted by atomic mass is 16.5. The van der Waals surface area contributed by atoms with Gasteiger partial charge in [0.15, 0.2) is 0 Å². The largest absolute Gasteiger partial charge is 0.429 e. The van der Waals surface area contributed by atoms with E-state index in [1.807, 2.05) is 0 Å². The Labute approximate surface area is 85.4 Å². The maximum Gasteiger partial charge on any atom is 0.0886 e. The molecule has 0 unspecified atom stereocenters. The Bertz CT molecular complexity index is 560. The molecule has 0 aromatic carbocycles. The minimum atomic E-state index is 0.0695. The van der Waals surface area contributed by atoms with E-state index in [2.05, 4.69) is 0 Å². The van der Waals surface area contributed by atoms with Gasteiger partial charge < -0.3 is 22.4 Å². The molecular formula is C9H11N5O. The normalized spacial score (nSPS) is 10.7. The predicted octanol–water partition coefficient (Wildman–Crippen LogP) is 0.0563. The van der Waals surface area contributed by atoms with Crippen LogP contribution in [-0.4, -0.2) is 9.94 Å². The molecule has 0 saturated carbocycles. The number of benzene rings is 1. The number of nitrogens with zero attached hydrogens (tertiary/aromatic N) is 1. The van der Waals surface area contributed by atoms with E-state index in [1.165, 1.54) is 12.4 Å². The van der Waals surface area contributed by atoms with Gasteiger partial charge in [-0.1, -0.05) is 0 Å². The van der Waals surface area contributed by atoms with Crippen molar-refractivity contribution in [1.29, 1.82) is 5.41 Å². The number of hydrogen-bond acceptors (Lipinski definition) is 5. The van der Waals surface area contributed by atoms with Gasteiger partial charge in [0.1, 0.15) is 0 Å². The Kier molecular flexibility index (Phi) is 1.72. The predicted molar refractivity (Wildman–Crippen MR) is 57.3 cm³/mol. The molecule has 6 nitrogen and oxygen atoms in total. The zero-order valence-corrected chi connectivity index (χ0v) is 7.86. The average Bonchev–Trinajstić information content (AvgIpc) is 2.23. The first-order valence-electron chi connectivity index (χ1n) is 4.24. The van der Waals surface area contributed by atoms with Crippen LogP contribution in [0.15, 0.2) is 18.5 Å². The van der Waals surface area contributed by atoms with E-state index >= 15 is 0 Å². The average molecular weight is 205 g/mol. The molecule has 0 aromatic rings. The molecule has 1 aliphatic carbocycles. The highest BCUT2D eigenvalue weighted by molar-refractivity contribution is 5.92. The lowest BCUT2D eigenvalue weighted by Gasteiger charge is -2.14. The van der Waals surface area contributed by atoms with Crippen molar-refractivity contribution >= 4 is 17.1 Å². The number of nitrogens with one attached hydrogen (secondary N) is 1. The molecule has 15 heavy (non-hydrogen) atoms. The van der Waals surface area contributed by atoms with Crippen LogP contribution in [-0.2, 0) is 0 Å². The third-order valence-corrected chi connectivity index (χ3v) is 2.35. The molecule has 1 aliphatic heterocycles. The van der Waals surface area contributed by atoms with Crippen LogP contribution in [0.2, 0.25) is 0 Å². The molecule has 78 valence electrons. The van der Waals surface area contributed by atoms with Gasteiger partial charge in [-0.25, -0.2) is 4.73 Å². The number of nitrogen functional groups attached to an aromatic ring is 3. The minimum absolute atomic E-state index is 0.0695. The zero-order valence-electron chi connectivity index (χ0n) is 7.86. The Balaban J connectivity index is 3.01. The molecule has 0 atom stereocenters. The summed E-state index contributed by atoms with van der Waals surface area (Å²) in [5, 5.41) is 17.0. The summed E-state index contributed by atoms with van der Waals surface area (Å²) in [6.07, 6.45) is 2.78. The van der Waals surface area contributed by atoms with Crippen LogP contribution in [0.25, 0.3) is 11.1 Å². The number of rotatable bonds is 0. The molecule has 0 bridgehead atoms. The highest BCUT2D eigenvalue weighted by Crippen LogP contribution is 2.32. The smallest absolute Gasteiger partial charge is 0.0886 e. The number of aromatic nitrogens is 1. The fourth-order valence-electron chi connectivity index (χ4n) is 1.49. The van der Waals surface area contributed by atoms with Crippen molar-refractivity contribution in [3.05, 3.63) is 23.8 Å². The third-order valence-electron chi connectivity index (χ3n) is 2.35. The summed E-state index contributed by atoms with van der Waals surface area (Å²) in [4.78, 5) is 0. The van der Waals surface area contributed by atoms with Gasteiger partial charge >= 0.3 is 0 Å². The second-order valence-electron chi connectivity index (χ2n) is 3.27. The summed E-state index contributed by atoms with van der Waals surface area (Å²) in [5.41, 5.74) is 18.8. The van der Waals surface area contributed by atoms with Crippen LogP contribution in [0.3, 0.4) is 0 Å². The van der Waals surface area contributed by atoms with Crippen LogP contribution < -0.4 is 22.6 Å². The summed E-state index contributed by atoms with van der Waals surface area (Å²) in [6.45, 7) is 0. The van der Waals surface area contributed by atoms with Crippen LogP contribution >= 0.6 is 0 Å². The monoisotopic (exact) mass is 205 g/mol. The Hall–Kier alpha value is -2.37. The summed E-state index contributed by atoms with van der Waals surface area (Å²) < 4.78 is 0.843. The highest BCUT2D eigenvalue weighted by Gasteiger charge is 2.15. The number of anilines is 3. The van der Waals surface area contributed by atoms with Crippen LogP contribution in [0.1, 0.15) is 0 Å². The summed E-state index contributed by atoms with van der Waals surface area (Å²) in [7, 11) is 0. The first-order chi connectivity index (χ1) is 7.02. The maximum atomic E-state index is 9.23. The standard InChI is InChI=1S/C9H11N5O/c10-6-4-1-2-14(15)3-5(4)7(11)9(13)8(6)12/h1-3,11,15H,10,12-13H2. The fourth-order valence-corrected chi connectivity index (χ4v) is 1.49. The molecular weight excluding hydrogens is 194 g/mol. The Morgan fingerprint density at radius 2 is 1.73 bits per heavy atom. The van der Waals surface area contributed by atoms with Crippen molar-refractivity contribution in [2.75, 3.05) is 17.2 Å². The van der Waals surface area contributed by atoms with Gasteiger partial charge in [0.2, 0.25) is 0 Å². The zero-order chi connectivity index (χ0) is 11.2. The van der Waals surface area contributed by atoms with E-state index in [0.29, 0.717) is 16.8 Å². The summed E-state index contributed by atoms with van der Waals surface area (Å²) in [6, 6.07) is 1.58. The van der Waals surface area contributed by atoms with Crippen molar-refractivity contribution in [3.63, 3.8) is 0 Å². The number of nitrogens with two attached hydrogens (primary N) is 3. The topological polar surface area (TPSA) is 127 Å². The molecule has 2 rings (SSSR count). The van der Waals surface area contributed by atoms with Crippen molar-refractivity contribution in [2.24, 2.45) is 0 Å². The lowest BCUT2D eigenvalue weighted by molar-refractivity contribution is 0.184. The van der Waals surface area contributed by atoms with Crippen molar-refractivity contribution in [2.45, 2.75) is 0 Å². The van der Waals surface area contributed by atoms with Gasteiger partial charge in [-0.15, -0.1) is 0 Å². The first-order valence-corrected chi connectivity index (χ1v) is 4.24. The molecule has 1 heterocycles. The quantitative estimate of drug-likeness (QED) is 0.307. The van der Waals surface area contributed by atoms with E-state index in [0.717, 1.165) is 4.73 Å². The Morgan fingerprint density at radius 1 is 1.07 bits per heavy atom. The number of fused-ring (bicyclic) bond motifs is 1. The lowest BCUT2D eigenvalue weighted by Crippen LogP contribution is -2.18. The van der Waals surface area contributed by atoms with Crippen LogP contribution in [0.5, 0.6) is 0 Å². The third kappa shape index (κ3) is 1.15. The molecule has 2 aliphatic rings. The van der Waals surface area contributed by atoms with E-state index in [-0.39, 0.29) is 16.7 Å². The van der Waals surface area contributed by atoms with Gasteiger partial charge in [0, 0.05) is 17.3 Å². The lowest BCUT2D eigenvalue weighted by atomic mass is 10.0. The van der Waals surface area contributed by atoms with Crippen LogP contribution in [0, 0.1) is 5.41 Å². The summed E-state index contributed by atoms with van der Waals surface area (Å²) >= 11 is 0. The van der Waals surface area contributed by atoms with E-state index in [9.17, 15) is 5.21 Å². The SMILES string of the molecule is N=c1c2cn(O)ccc-2c(N)c(N)c1N. The van der Waals surface area contributed by atoms with Crippen molar-refractivity contribution < 1.29 is 5.21 Å². The van der Waals surface area contributed by atoms with Crippen molar-refractivity contribution in [1.82, 2.24) is 4.73 Å². The maximum absolute atomic E-state index is 9.23. The fraction of sp³-hybridized carbons (Fsp3) is 0. The molecule has 0 fully saturated rings. The molecule has 0 amide bonds.